The van der Waals surface area contributed by atoms with Gasteiger partial charge in [0, 0.05) is 16.5 Å². The van der Waals surface area contributed by atoms with Crippen molar-refractivity contribution in [3.63, 3.8) is 0 Å². The molecule has 4 aromatic rings. The fraction of sp³-hybridized carbons (Fsp3) is 0.259. The number of fused-ring (bicyclic) bond motifs is 1. The third-order valence-corrected chi connectivity index (χ3v) is 6.46. The molecule has 0 amide bonds. The number of aromatic amines is 1. The highest BCUT2D eigenvalue weighted by molar-refractivity contribution is 5.94. The number of rotatable bonds is 7. The molecule has 6 heteroatoms. The molecule has 3 aromatic carbocycles. The highest BCUT2D eigenvalue weighted by Crippen LogP contribution is 2.50. The Morgan fingerprint density at radius 1 is 0.788 bits per heavy atom. The molecular formula is C27H27NO5. The molecule has 0 saturated carbocycles. The quantitative estimate of drug-likeness (QED) is 0.424. The van der Waals surface area contributed by atoms with E-state index in [-0.39, 0.29) is 0 Å². The Kier molecular flexibility index (Phi) is 5.38. The number of nitrogens with one attached hydrogen (secondary N) is 1. The maximum Gasteiger partial charge on any atom is 0.203 e. The van der Waals surface area contributed by atoms with Gasteiger partial charge in [-0.1, -0.05) is 30.3 Å². The number of aromatic nitrogens is 1. The number of ether oxygens (including phenoxy) is 5. The van der Waals surface area contributed by atoms with Crippen molar-refractivity contribution in [1.29, 1.82) is 0 Å². The van der Waals surface area contributed by atoms with Gasteiger partial charge in [0.05, 0.1) is 52.8 Å². The second kappa shape index (κ2) is 8.37. The van der Waals surface area contributed by atoms with Crippen molar-refractivity contribution in [1.82, 2.24) is 4.98 Å². The van der Waals surface area contributed by atoms with Gasteiger partial charge in [-0.3, -0.25) is 0 Å². The molecule has 2 heterocycles. The lowest BCUT2D eigenvalue weighted by atomic mass is 9.71. The predicted octanol–water partition coefficient (Wildman–Crippen LogP) is 5.19. The van der Waals surface area contributed by atoms with Crippen LogP contribution in [0.25, 0.3) is 22.2 Å². The van der Waals surface area contributed by atoms with Crippen molar-refractivity contribution in [3.05, 3.63) is 71.8 Å². The molecule has 170 valence electrons. The lowest BCUT2D eigenvalue weighted by Crippen LogP contribution is -2.48. The van der Waals surface area contributed by atoms with Crippen molar-refractivity contribution in [3.8, 4) is 34.3 Å². The lowest BCUT2D eigenvalue weighted by Gasteiger charge is -2.43. The van der Waals surface area contributed by atoms with Gasteiger partial charge in [0.15, 0.2) is 11.5 Å². The van der Waals surface area contributed by atoms with E-state index in [1.807, 2.05) is 24.3 Å². The van der Waals surface area contributed by atoms with Crippen LogP contribution in [0.4, 0.5) is 0 Å². The van der Waals surface area contributed by atoms with Crippen molar-refractivity contribution in [2.24, 2.45) is 0 Å². The minimum absolute atomic E-state index is 0.400. The SMILES string of the molecule is COc1ccc2[nH]c(-c3ccccc3)c(C3(c4cc(OC)c(OC)c(OC)c4)COC3)c2c1. The van der Waals surface area contributed by atoms with E-state index in [0.717, 1.165) is 33.5 Å². The largest absolute Gasteiger partial charge is 0.497 e. The van der Waals surface area contributed by atoms with Crippen LogP contribution in [0.3, 0.4) is 0 Å². The summed E-state index contributed by atoms with van der Waals surface area (Å²) >= 11 is 0. The van der Waals surface area contributed by atoms with Crippen LogP contribution >= 0.6 is 0 Å². The fourth-order valence-corrected chi connectivity index (χ4v) is 4.74. The Morgan fingerprint density at radius 3 is 2.03 bits per heavy atom. The first-order chi connectivity index (χ1) is 16.1. The molecule has 1 N–H and O–H groups in total. The molecule has 0 spiro atoms. The van der Waals surface area contributed by atoms with E-state index in [2.05, 4.69) is 41.4 Å². The van der Waals surface area contributed by atoms with Crippen LogP contribution in [0, 0.1) is 0 Å². The van der Waals surface area contributed by atoms with Crippen LogP contribution in [0.2, 0.25) is 0 Å². The van der Waals surface area contributed by atoms with E-state index in [9.17, 15) is 0 Å². The standard InChI is InChI=1S/C27H27NO5/c1-29-19-10-11-21-20(14-19)24(25(28-21)17-8-6-5-7-9-17)27(15-33-16-27)18-12-22(30-2)26(32-4)23(13-18)31-3/h5-14,28H,15-16H2,1-4H3. The van der Waals surface area contributed by atoms with E-state index in [0.29, 0.717) is 30.5 Å². The van der Waals surface area contributed by atoms with E-state index in [4.69, 9.17) is 23.7 Å². The molecule has 33 heavy (non-hydrogen) atoms. The fourth-order valence-electron chi connectivity index (χ4n) is 4.74. The average molecular weight is 446 g/mol. The van der Waals surface area contributed by atoms with Gasteiger partial charge in [-0.25, -0.2) is 0 Å². The highest BCUT2D eigenvalue weighted by atomic mass is 16.5. The zero-order valence-electron chi connectivity index (χ0n) is 19.2. The smallest absolute Gasteiger partial charge is 0.203 e. The summed E-state index contributed by atoms with van der Waals surface area (Å²) in [4.78, 5) is 3.66. The minimum atomic E-state index is -0.400. The Labute approximate surface area is 193 Å². The van der Waals surface area contributed by atoms with Crippen molar-refractivity contribution < 1.29 is 23.7 Å². The Morgan fingerprint density at radius 2 is 1.48 bits per heavy atom. The lowest BCUT2D eigenvalue weighted by molar-refractivity contribution is -0.0371. The zero-order valence-corrected chi connectivity index (χ0v) is 19.2. The van der Waals surface area contributed by atoms with Crippen LogP contribution < -0.4 is 18.9 Å². The van der Waals surface area contributed by atoms with E-state index < -0.39 is 5.41 Å². The van der Waals surface area contributed by atoms with E-state index in [1.54, 1.807) is 28.4 Å². The number of H-pyrrole nitrogens is 1. The topological polar surface area (TPSA) is 61.9 Å². The van der Waals surface area contributed by atoms with Crippen LogP contribution in [-0.2, 0) is 10.2 Å². The Balaban J connectivity index is 1.82. The second-order valence-corrected chi connectivity index (χ2v) is 8.14. The number of benzene rings is 3. The zero-order chi connectivity index (χ0) is 23.0. The minimum Gasteiger partial charge on any atom is -0.497 e. The van der Waals surface area contributed by atoms with Gasteiger partial charge in [-0.05, 0) is 41.5 Å². The molecule has 6 nitrogen and oxygen atoms in total. The summed E-state index contributed by atoms with van der Waals surface area (Å²) < 4.78 is 28.3. The molecule has 1 aromatic heterocycles. The first-order valence-electron chi connectivity index (χ1n) is 10.8. The molecule has 5 rings (SSSR count). The summed E-state index contributed by atoms with van der Waals surface area (Å²) in [7, 11) is 6.57. The molecular weight excluding hydrogens is 418 g/mol. The van der Waals surface area contributed by atoms with Gasteiger partial charge < -0.3 is 28.7 Å². The maximum absolute atomic E-state index is 5.86. The molecule has 1 fully saturated rings. The molecule has 1 saturated heterocycles. The summed E-state index contributed by atoms with van der Waals surface area (Å²) in [6.45, 7) is 1.07. The van der Waals surface area contributed by atoms with E-state index >= 15 is 0 Å². The van der Waals surface area contributed by atoms with Crippen molar-refractivity contribution >= 4 is 10.9 Å². The highest BCUT2D eigenvalue weighted by Gasteiger charge is 2.46. The number of hydrogen-bond acceptors (Lipinski definition) is 5. The van der Waals surface area contributed by atoms with Crippen molar-refractivity contribution in [2.75, 3.05) is 41.7 Å². The van der Waals surface area contributed by atoms with E-state index in [1.165, 1.54) is 5.56 Å². The van der Waals surface area contributed by atoms with Crippen LogP contribution in [0.1, 0.15) is 11.1 Å². The number of methoxy groups -OCH3 is 4. The van der Waals surface area contributed by atoms with Crippen LogP contribution in [0.5, 0.6) is 23.0 Å². The Bertz CT molecular complexity index is 1270. The number of hydrogen-bond donors (Lipinski definition) is 1. The average Bonchev–Trinajstić information content (AvgIpc) is 3.22. The predicted molar refractivity (Wildman–Crippen MR) is 128 cm³/mol. The Hall–Kier alpha value is -3.64. The first-order valence-corrected chi connectivity index (χ1v) is 10.8. The van der Waals surface area contributed by atoms with Gasteiger partial charge in [-0.2, -0.15) is 0 Å². The first kappa shape index (κ1) is 21.2. The summed E-state index contributed by atoms with van der Waals surface area (Å²) in [5, 5.41) is 1.10. The summed E-state index contributed by atoms with van der Waals surface area (Å²) in [6, 6.07) is 20.5. The third-order valence-electron chi connectivity index (χ3n) is 6.46. The van der Waals surface area contributed by atoms with Gasteiger partial charge in [0.25, 0.3) is 0 Å². The van der Waals surface area contributed by atoms with Gasteiger partial charge in [0.2, 0.25) is 5.75 Å². The van der Waals surface area contributed by atoms with Gasteiger partial charge in [-0.15, -0.1) is 0 Å². The summed E-state index contributed by atoms with van der Waals surface area (Å²) in [6.07, 6.45) is 0. The third kappa shape index (κ3) is 3.29. The van der Waals surface area contributed by atoms with Crippen LogP contribution in [0.15, 0.2) is 60.7 Å². The maximum atomic E-state index is 5.86. The van der Waals surface area contributed by atoms with Gasteiger partial charge in [0.1, 0.15) is 5.75 Å². The molecule has 0 unspecified atom stereocenters. The molecule has 0 bridgehead atoms. The normalized spacial score (nSPS) is 14.5. The summed E-state index contributed by atoms with van der Waals surface area (Å²) in [5.74, 6) is 2.62. The molecule has 1 aliphatic rings. The van der Waals surface area contributed by atoms with Gasteiger partial charge >= 0.3 is 0 Å². The molecule has 0 atom stereocenters. The molecule has 1 aliphatic heterocycles. The van der Waals surface area contributed by atoms with Crippen molar-refractivity contribution in [2.45, 2.75) is 5.41 Å². The second-order valence-electron chi connectivity index (χ2n) is 8.14. The monoisotopic (exact) mass is 445 g/mol. The molecule has 0 aliphatic carbocycles. The summed E-state index contributed by atoms with van der Waals surface area (Å²) in [5.41, 5.74) is 5.04. The molecule has 0 radical (unpaired) electrons. The van der Waals surface area contributed by atoms with Crippen LogP contribution in [-0.4, -0.2) is 46.6 Å².